The summed E-state index contributed by atoms with van der Waals surface area (Å²) in [5.74, 6) is 6.71. The summed E-state index contributed by atoms with van der Waals surface area (Å²) in [6.45, 7) is 0. The lowest BCUT2D eigenvalue weighted by atomic mass is 10.1. The molecule has 2 aliphatic carbocycles. The SMILES string of the molecule is NNC(=O)C1[C@H]2CCC[C@@H]12. The second-order valence-corrected chi connectivity index (χ2v) is 3.29. The highest BCUT2D eigenvalue weighted by Crippen LogP contribution is 2.57. The average molecular weight is 140 g/mol. The molecule has 3 atom stereocenters. The number of hydrogen-bond acceptors (Lipinski definition) is 2. The number of rotatable bonds is 1. The fourth-order valence-corrected chi connectivity index (χ4v) is 2.31. The van der Waals surface area contributed by atoms with E-state index in [1.807, 2.05) is 0 Å². The molecule has 10 heavy (non-hydrogen) atoms. The van der Waals surface area contributed by atoms with Gasteiger partial charge in [0.1, 0.15) is 0 Å². The van der Waals surface area contributed by atoms with E-state index >= 15 is 0 Å². The van der Waals surface area contributed by atoms with E-state index in [1.54, 1.807) is 0 Å². The van der Waals surface area contributed by atoms with Crippen molar-refractivity contribution in [3.8, 4) is 0 Å². The zero-order valence-electron chi connectivity index (χ0n) is 5.84. The number of carbonyl (C=O) groups excluding carboxylic acids is 1. The molecule has 0 heterocycles. The Labute approximate surface area is 59.9 Å². The van der Waals surface area contributed by atoms with Crippen LogP contribution in [0.25, 0.3) is 0 Å². The van der Waals surface area contributed by atoms with Gasteiger partial charge >= 0.3 is 0 Å². The number of nitrogens with two attached hydrogens (primary N) is 1. The van der Waals surface area contributed by atoms with Crippen molar-refractivity contribution >= 4 is 5.91 Å². The van der Waals surface area contributed by atoms with E-state index < -0.39 is 0 Å². The summed E-state index contributed by atoms with van der Waals surface area (Å²) >= 11 is 0. The molecule has 2 rings (SSSR count). The summed E-state index contributed by atoms with van der Waals surface area (Å²) in [6, 6.07) is 0. The van der Waals surface area contributed by atoms with Crippen LogP contribution in [0.15, 0.2) is 0 Å². The Kier molecular flexibility index (Phi) is 1.20. The number of amides is 1. The van der Waals surface area contributed by atoms with Gasteiger partial charge in [-0.1, -0.05) is 6.42 Å². The first-order valence-electron chi connectivity index (χ1n) is 3.85. The Balaban J connectivity index is 1.94. The highest BCUT2D eigenvalue weighted by molar-refractivity contribution is 5.81. The maximum absolute atomic E-state index is 11.0. The number of nitrogens with one attached hydrogen (secondary N) is 1. The van der Waals surface area contributed by atoms with Crippen molar-refractivity contribution in [1.29, 1.82) is 0 Å². The third kappa shape index (κ3) is 0.669. The standard InChI is InChI=1S/C7H12N2O/c8-9-7(10)6-4-2-1-3-5(4)6/h4-6H,1-3,8H2,(H,9,10)/t4-,5+,6?. The van der Waals surface area contributed by atoms with Crippen LogP contribution in [0.3, 0.4) is 0 Å². The molecule has 2 aliphatic rings. The summed E-state index contributed by atoms with van der Waals surface area (Å²) in [6.07, 6.45) is 3.79. The van der Waals surface area contributed by atoms with Crippen LogP contribution in [0.2, 0.25) is 0 Å². The molecule has 0 saturated heterocycles. The van der Waals surface area contributed by atoms with Gasteiger partial charge in [-0.2, -0.15) is 0 Å². The minimum atomic E-state index is 0.0506. The molecule has 3 heteroatoms. The van der Waals surface area contributed by atoms with Gasteiger partial charge in [-0.15, -0.1) is 0 Å². The molecule has 0 aromatic rings. The maximum Gasteiger partial charge on any atom is 0.237 e. The number of fused-ring (bicyclic) bond motifs is 1. The molecule has 56 valence electrons. The summed E-state index contributed by atoms with van der Waals surface area (Å²) in [7, 11) is 0. The van der Waals surface area contributed by atoms with E-state index in [-0.39, 0.29) is 11.8 Å². The molecule has 0 aliphatic heterocycles. The molecule has 2 saturated carbocycles. The molecular formula is C7H12N2O. The highest BCUT2D eigenvalue weighted by atomic mass is 16.2. The molecular weight excluding hydrogens is 128 g/mol. The van der Waals surface area contributed by atoms with Crippen molar-refractivity contribution in [3.63, 3.8) is 0 Å². The Morgan fingerprint density at radius 3 is 2.50 bits per heavy atom. The van der Waals surface area contributed by atoms with Gasteiger partial charge in [0.05, 0.1) is 0 Å². The lowest BCUT2D eigenvalue weighted by Gasteiger charge is -1.99. The van der Waals surface area contributed by atoms with Crippen LogP contribution < -0.4 is 11.3 Å². The van der Waals surface area contributed by atoms with E-state index in [1.165, 1.54) is 19.3 Å². The molecule has 3 N–H and O–H groups in total. The van der Waals surface area contributed by atoms with Crippen molar-refractivity contribution in [2.45, 2.75) is 19.3 Å². The summed E-state index contributed by atoms with van der Waals surface area (Å²) in [5.41, 5.74) is 2.22. The largest absolute Gasteiger partial charge is 0.294 e. The maximum atomic E-state index is 11.0. The van der Waals surface area contributed by atoms with Gasteiger partial charge in [-0.3, -0.25) is 10.2 Å². The molecule has 1 amide bonds. The van der Waals surface area contributed by atoms with Gasteiger partial charge in [0.2, 0.25) is 5.91 Å². The molecule has 0 bridgehead atoms. The monoisotopic (exact) mass is 140 g/mol. The number of hydrazine groups is 1. The van der Waals surface area contributed by atoms with Crippen LogP contribution in [-0.4, -0.2) is 5.91 Å². The fourth-order valence-electron chi connectivity index (χ4n) is 2.31. The minimum Gasteiger partial charge on any atom is -0.294 e. The van der Waals surface area contributed by atoms with Crippen molar-refractivity contribution < 1.29 is 4.79 Å². The first kappa shape index (κ1) is 6.16. The second-order valence-electron chi connectivity index (χ2n) is 3.29. The zero-order valence-corrected chi connectivity index (χ0v) is 5.84. The molecule has 3 nitrogen and oxygen atoms in total. The molecule has 0 radical (unpaired) electrons. The fraction of sp³-hybridized carbons (Fsp3) is 0.857. The molecule has 2 fully saturated rings. The Hall–Kier alpha value is -0.570. The summed E-state index contributed by atoms with van der Waals surface area (Å²) in [5, 5.41) is 0. The van der Waals surface area contributed by atoms with Gasteiger partial charge in [-0.05, 0) is 24.7 Å². The minimum absolute atomic E-state index is 0.0506. The predicted octanol–water partition coefficient (Wildman–Crippen LogP) is 0.0224. The van der Waals surface area contributed by atoms with Crippen molar-refractivity contribution in [3.05, 3.63) is 0 Å². The Morgan fingerprint density at radius 1 is 1.40 bits per heavy atom. The summed E-state index contributed by atoms with van der Waals surface area (Å²) < 4.78 is 0. The zero-order chi connectivity index (χ0) is 7.14. The predicted molar refractivity (Wildman–Crippen MR) is 36.7 cm³/mol. The van der Waals surface area contributed by atoms with Crippen LogP contribution in [-0.2, 0) is 4.79 Å². The van der Waals surface area contributed by atoms with Gasteiger partial charge in [0.15, 0.2) is 0 Å². The number of carbonyl (C=O) groups is 1. The average Bonchev–Trinajstić information content (AvgIpc) is 2.43. The lowest BCUT2D eigenvalue weighted by Crippen LogP contribution is -2.32. The first-order valence-corrected chi connectivity index (χ1v) is 3.85. The van der Waals surface area contributed by atoms with Crippen molar-refractivity contribution in [2.75, 3.05) is 0 Å². The quantitative estimate of drug-likeness (QED) is 0.306. The van der Waals surface area contributed by atoms with Crippen molar-refractivity contribution in [1.82, 2.24) is 5.43 Å². The van der Waals surface area contributed by atoms with E-state index in [0.717, 1.165) is 0 Å². The van der Waals surface area contributed by atoms with E-state index in [4.69, 9.17) is 5.84 Å². The van der Waals surface area contributed by atoms with Crippen LogP contribution in [0.4, 0.5) is 0 Å². The van der Waals surface area contributed by atoms with E-state index in [0.29, 0.717) is 11.8 Å². The first-order chi connectivity index (χ1) is 4.84. The molecule has 0 aromatic carbocycles. The van der Waals surface area contributed by atoms with Gasteiger partial charge in [0, 0.05) is 5.92 Å². The van der Waals surface area contributed by atoms with E-state index in [2.05, 4.69) is 5.43 Å². The molecule has 1 unspecified atom stereocenters. The van der Waals surface area contributed by atoms with Crippen LogP contribution >= 0.6 is 0 Å². The van der Waals surface area contributed by atoms with Crippen molar-refractivity contribution in [2.24, 2.45) is 23.6 Å². The van der Waals surface area contributed by atoms with Crippen LogP contribution in [0.1, 0.15) is 19.3 Å². The van der Waals surface area contributed by atoms with Gasteiger partial charge < -0.3 is 0 Å². The Bertz CT molecular complexity index is 159. The van der Waals surface area contributed by atoms with Crippen LogP contribution in [0, 0.1) is 17.8 Å². The van der Waals surface area contributed by atoms with Gasteiger partial charge in [0.25, 0.3) is 0 Å². The molecule has 0 aromatic heterocycles. The van der Waals surface area contributed by atoms with E-state index in [9.17, 15) is 4.79 Å². The topological polar surface area (TPSA) is 55.1 Å². The van der Waals surface area contributed by atoms with Gasteiger partial charge in [-0.25, -0.2) is 5.84 Å². The highest BCUT2D eigenvalue weighted by Gasteiger charge is 2.56. The second kappa shape index (κ2) is 1.95. The normalized spacial score (nSPS) is 42.7. The lowest BCUT2D eigenvalue weighted by molar-refractivity contribution is -0.123. The third-order valence-electron chi connectivity index (χ3n) is 2.85. The Morgan fingerprint density at radius 2 is 2.00 bits per heavy atom. The smallest absolute Gasteiger partial charge is 0.237 e. The molecule has 0 spiro atoms. The number of hydrogen-bond donors (Lipinski definition) is 2. The van der Waals surface area contributed by atoms with Crippen LogP contribution in [0.5, 0.6) is 0 Å². The third-order valence-corrected chi connectivity index (χ3v) is 2.85. The summed E-state index contributed by atoms with van der Waals surface area (Å²) in [4.78, 5) is 11.0.